The average molecular weight is 191 g/mol. The third kappa shape index (κ3) is 1.94. The molecule has 0 aliphatic rings. The van der Waals surface area contributed by atoms with Crippen LogP contribution in [0.5, 0.6) is 0 Å². The monoisotopic (exact) mass is 190 g/mol. The first kappa shape index (κ1) is 9.45. The second kappa shape index (κ2) is 3.85. The van der Waals surface area contributed by atoms with Crippen LogP contribution in [0.1, 0.15) is 18.6 Å². The Morgan fingerprint density at radius 1 is 1.58 bits per heavy atom. The highest BCUT2D eigenvalue weighted by atomic mass is 35.5. The summed E-state index contributed by atoms with van der Waals surface area (Å²) in [6.07, 6.45) is -0.617. The van der Waals surface area contributed by atoms with Gasteiger partial charge in [0.1, 0.15) is 11.9 Å². The molecule has 0 aromatic heterocycles. The second-order valence-electron chi connectivity index (χ2n) is 2.41. The molecule has 0 saturated carbocycles. The molecule has 66 valence electrons. The van der Waals surface area contributed by atoms with Crippen molar-refractivity contribution >= 4 is 11.6 Å². The van der Waals surface area contributed by atoms with E-state index in [9.17, 15) is 4.39 Å². The summed E-state index contributed by atoms with van der Waals surface area (Å²) >= 11 is 5.71. The molecule has 1 aromatic carbocycles. The van der Waals surface area contributed by atoms with Crippen LogP contribution in [-0.2, 0) is 4.89 Å². The van der Waals surface area contributed by atoms with Crippen molar-refractivity contribution in [1.82, 2.24) is 0 Å². The fourth-order valence-corrected chi connectivity index (χ4v) is 1.15. The normalized spacial score (nSPS) is 13.0. The summed E-state index contributed by atoms with van der Waals surface area (Å²) in [5.41, 5.74) is 0.430. The van der Waals surface area contributed by atoms with Gasteiger partial charge in [-0.3, -0.25) is 5.26 Å². The minimum Gasteiger partial charge on any atom is -0.251 e. The van der Waals surface area contributed by atoms with Crippen molar-refractivity contribution in [2.45, 2.75) is 13.0 Å². The lowest BCUT2D eigenvalue weighted by molar-refractivity contribution is -0.277. The minimum atomic E-state index is -0.617. The Balaban J connectivity index is 3.04. The fraction of sp³-hybridized carbons (Fsp3) is 0.250. The van der Waals surface area contributed by atoms with Crippen molar-refractivity contribution in [3.63, 3.8) is 0 Å². The van der Waals surface area contributed by atoms with Gasteiger partial charge in [0.25, 0.3) is 0 Å². The van der Waals surface area contributed by atoms with Gasteiger partial charge in [-0.15, -0.1) is 0 Å². The molecule has 0 fully saturated rings. The number of hydrogen-bond acceptors (Lipinski definition) is 2. The first-order chi connectivity index (χ1) is 5.65. The van der Waals surface area contributed by atoms with Crippen LogP contribution in [0, 0.1) is 5.82 Å². The zero-order valence-electron chi connectivity index (χ0n) is 6.42. The Bertz CT molecular complexity index is 278. The lowest BCUT2D eigenvalue weighted by Gasteiger charge is -2.09. The molecule has 12 heavy (non-hydrogen) atoms. The zero-order chi connectivity index (χ0) is 9.14. The summed E-state index contributed by atoms with van der Waals surface area (Å²) in [7, 11) is 0. The molecule has 0 aliphatic heterocycles. The highest BCUT2D eigenvalue weighted by molar-refractivity contribution is 6.31. The topological polar surface area (TPSA) is 29.5 Å². The third-order valence-corrected chi connectivity index (χ3v) is 1.90. The Hall–Kier alpha value is -0.640. The van der Waals surface area contributed by atoms with Crippen LogP contribution in [0.15, 0.2) is 18.2 Å². The van der Waals surface area contributed by atoms with E-state index in [2.05, 4.69) is 4.89 Å². The summed E-state index contributed by atoms with van der Waals surface area (Å²) in [5, 5.41) is 8.70. The molecule has 1 aromatic rings. The summed E-state index contributed by atoms with van der Waals surface area (Å²) in [4.78, 5) is 4.02. The molecule has 0 radical (unpaired) electrons. The van der Waals surface area contributed by atoms with Crippen molar-refractivity contribution < 1.29 is 14.5 Å². The number of halogens is 2. The standard InChI is InChI=1S/C8H8ClFO2/c1-5(12-11)7-4-6(10)2-3-8(7)9/h2-5,11H,1H3. The summed E-state index contributed by atoms with van der Waals surface area (Å²) < 4.78 is 12.6. The van der Waals surface area contributed by atoms with E-state index in [1.54, 1.807) is 6.92 Å². The largest absolute Gasteiger partial charge is 0.251 e. The molecule has 2 nitrogen and oxygen atoms in total. The Morgan fingerprint density at radius 3 is 2.83 bits per heavy atom. The molecule has 0 saturated heterocycles. The molecule has 0 heterocycles. The molecule has 1 atom stereocenters. The van der Waals surface area contributed by atoms with E-state index in [0.717, 1.165) is 0 Å². The Kier molecular flexibility index (Phi) is 3.03. The number of hydrogen-bond donors (Lipinski definition) is 1. The van der Waals surface area contributed by atoms with E-state index in [1.165, 1.54) is 18.2 Å². The van der Waals surface area contributed by atoms with Crippen LogP contribution in [-0.4, -0.2) is 5.26 Å². The minimum absolute atomic E-state index is 0.373. The van der Waals surface area contributed by atoms with Crippen molar-refractivity contribution in [2.75, 3.05) is 0 Å². The van der Waals surface area contributed by atoms with E-state index in [-0.39, 0.29) is 0 Å². The molecular formula is C8H8ClFO2. The van der Waals surface area contributed by atoms with Gasteiger partial charge in [-0.05, 0) is 25.1 Å². The Labute approximate surface area is 74.5 Å². The van der Waals surface area contributed by atoms with E-state index >= 15 is 0 Å². The van der Waals surface area contributed by atoms with Crippen LogP contribution in [0.2, 0.25) is 5.02 Å². The van der Waals surface area contributed by atoms with Crippen LogP contribution < -0.4 is 0 Å². The van der Waals surface area contributed by atoms with Gasteiger partial charge in [-0.25, -0.2) is 9.28 Å². The van der Waals surface area contributed by atoms with E-state index in [0.29, 0.717) is 10.6 Å². The number of rotatable bonds is 2. The van der Waals surface area contributed by atoms with Crippen molar-refractivity contribution in [2.24, 2.45) is 0 Å². The lowest BCUT2D eigenvalue weighted by atomic mass is 10.1. The smallest absolute Gasteiger partial charge is 0.123 e. The van der Waals surface area contributed by atoms with Gasteiger partial charge in [0.2, 0.25) is 0 Å². The fourth-order valence-electron chi connectivity index (χ4n) is 0.883. The molecular weight excluding hydrogens is 183 g/mol. The van der Waals surface area contributed by atoms with E-state index < -0.39 is 11.9 Å². The van der Waals surface area contributed by atoms with E-state index in [1.807, 2.05) is 0 Å². The van der Waals surface area contributed by atoms with E-state index in [4.69, 9.17) is 16.9 Å². The van der Waals surface area contributed by atoms with Gasteiger partial charge in [-0.1, -0.05) is 11.6 Å². The molecule has 0 spiro atoms. The predicted molar refractivity (Wildman–Crippen MR) is 43.5 cm³/mol. The maximum atomic E-state index is 12.6. The van der Waals surface area contributed by atoms with Gasteiger partial charge >= 0.3 is 0 Å². The lowest BCUT2D eigenvalue weighted by Crippen LogP contribution is -1.97. The van der Waals surface area contributed by atoms with Gasteiger partial charge in [0.05, 0.1) is 0 Å². The second-order valence-corrected chi connectivity index (χ2v) is 2.82. The highest BCUT2D eigenvalue weighted by Crippen LogP contribution is 2.25. The molecule has 4 heteroatoms. The van der Waals surface area contributed by atoms with Gasteiger partial charge in [-0.2, -0.15) is 0 Å². The third-order valence-electron chi connectivity index (χ3n) is 1.55. The predicted octanol–water partition coefficient (Wildman–Crippen LogP) is 3.03. The molecule has 0 amide bonds. The molecule has 1 N–H and O–H groups in total. The summed E-state index contributed by atoms with van der Waals surface area (Å²) in [6.45, 7) is 1.57. The van der Waals surface area contributed by atoms with Crippen molar-refractivity contribution in [3.05, 3.63) is 34.6 Å². The molecule has 0 bridgehead atoms. The maximum Gasteiger partial charge on any atom is 0.123 e. The van der Waals surface area contributed by atoms with Gasteiger partial charge < -0.3 is 0 Å². The first-order valence-electron chi connectivity index (χ1n) is 3.40. The first-order valence-corrected chi connectivity index (χ1v) is 3.78. The van der Waals surface area contributed by atoms with Crippen LogP contribution in [0.25, 0.3) is 0 Å². The Morgan fingerprint density at radius 2 is 2.25 bits per heavy atom. The van der Waals surface area contributed by atoms with Gasteiger partial charge in [0, 0.05) is 10.6 Å². The summed E-state index contributed by atoms with van der Waals surface area (Å²) in [5.74, 6) is -0.404. The maximum absolute atomic E-state index is 12.6. The van der Waals surface area contributed by atoms with Crippen LogP contribution in [0.4, 0.5) is 4.39 Å². The molecule has 1 unspecified atom stereocenters. The van der Waals surface area contributed by atoms with Crippen LogP contribution >= 0.6 is 11.6 Å². The summed E-state index contributed by atoms with van der Waals surface area (Å²) in [6, 6.07) is 3.89. The van der Waals surface area contributed by atoms with Crippen LogP contribution in [0.3, 0.4) is 0 Å². The SMILES string of the molecule is CC(OO)c1cc(F)ccc1Cl. The van der Waals surface area contributed by atoms with Gasteiger partial charge in [0.15, 0.2) is 0 Å². The molecule has 1 rings (SSSR count). The van der Waals surface area contributed by atoms with Crippen molar-refractivity contribution in [1.29, 1.82) is 0 Å². The quantitative estimate of drug-likeness (QED) is 0.574. The highest BCUT2D eigenvalue weighted by Gasteiger charge is 2.10. The average Bonchev–Trinajstić information content (AvgIpc) is 2.08. The van der Waals surface area contributed by atoms with Crippen molar-refractivity contribution in [3.8, 4) is 0 Å². The number of benzene rings is 1. The zero-order valence-corrected chi connectivity index (χ0v) is 7.18. The molecule has 0 aliphatic carbocycles.